The van der Waals surface area contributed by atoms with Gasteiger partial charge in [0.05, 0.1) is 28.0 Å². The standard InChI is InChI=1S/C23H24ClF3N4O/c1-29(2)22(32)17-7-6-16(12-19(17)24)30-10-8-15(9-11-30)13-31-14-28-21-18(23(25,26)27)4-3-5-20(21)31/h3-7,12,14-15H,8-11,13H2,1-2H3. The molecule has 32 heavy (non-hydrogen) atoms. The molecule has 2 heterocycles. The van der Waals surface area contributed by atoms with E-state index in [1.807, 2.05) is 16.7 Å². The average molecular weight is 465 g/mol. The van der Waals surface area contributed by atoms with Crippen LogP contribution in [0, 0.1) is 5.92 Å². The number of imidazole rings is 1. The summed E-state index contributed by atoms with van der Waals surface area (Å²) in [5.74, 6) is 0.199. The van der Waals surface area contributed by atoms with E-state index in [1.165, 1.54) is 17.3 Å². The second-order valence-corrected chi connectivity index (χ2v) is 8.77. The number of carbonyl (C=O) groups excluding carboxylic acids is 1. The highest BCUT2D eigenvalue weighted by atomic mass is 35.5. The summed E-state index contributed by atoms with van der Waals surface area (Å²) < 4.78 is 41.5. The van der Waals surface area contributed by atoms with Gasteiger partial charge in [-0.3, -0.25) is 4.79 Å². The minimum absolute atomic E-state index is 0.000520. The van der Waals surface area contributed by atoms with Crippen LogP contribution < -0.4 is 4.90 Å². The summed E-state index contributed by atoms with van der Waals surface area (Å²) in [4.78, 5) is 19.9. The van der Waals surface area contributed by atoms with Crippen LogP contribution >= 0.6 is 11.6 Å². The van der Waals surface area contributed by atoms with Gasteiger partial charge in [-0.2, -0.15) is 13.2 Å². The Bertz CT molecular complexity index is 1130. The van der Waals surface area contributed by atoms with Crippen LogP contribution in [0.15, 0.2) is 42.7 Å². The third-order valence-corrected chi connectivity index (χ3v) is 6.29. The van der Waals surface area contributed by atoms with Crippen molar-refractivity contribution >= 4 is 34.2 Å². The van der Waals surface area contributed by atoms with Crippen molar-refractivity contribution in [3.63, 3.8) is 0 Å². The quantitative estimate of drug-likeness (QED) is 0.524. The highest BCUT2D eigenvalue weighted by Crippen LogP contribution is 2.35. The normalized spacial score (nSPS) is 15.4. The van der Waals surface area contributed by atoms with Gasteiger partial charge in [-0.1, -0.05) is 17.7 Å². The number of halogens is 4. The van der Waals surface area contributed by atoms with E-state index in [0.717, 1.165) is 37.7 Å². The van der Waals surface area contributed by atoms with E-state index >= 15 is 0 Å². The summed E-state index contributed by atoms with van der Waals surface area (Å²) in [6.07, 6.45) is -1.12. The Balaban J connectivity index is 1.43. The molecule has 2 aromatic carbocycles. The van der Waals surface area contributed by atoms with E-state index in [-0.39, 0.29) is 11.4 Å². The molecule has 170 valence electrons. The lowest BCUT2D eigenvalue weighted by molar-refractivity contribution is -0.136. The summed E-state index contributed by atoms with van der Waals surface area (Å²) in [7, 11) is 3.37. The lowest BCUT2D eigenvalue weighted by Crippen LogP contribution is -2.35. The van der Waals surface area contributed by atoms with Crippen LogP contribution in [0.2, 0.25) is 5.02 Å². The zero-order chi connectivity index (χ0) is 23.0. The second kappa shape index (κ2) is 8.65. The maximum atomic E-state index is 13.2. The number of hydrogen-bond donors (Lipinski definition) is 0. The molecule has 3 aromatic rings. The van der Waals surface area contributed by atoms with Gasteiger partial charge in [0.15, 0.2) is 0 Å². The number of aromatic nitrogens is 2. The number of piperidine rings is 1. The van der Waals surface area contributed by atoms with Crippen LogP contribution in [-0.4, -0.2) is 47.5 Å². The molecule has 0 saturated carbocycles. The van der Waals surface area contributed by atoms with Crippen LogP contribution in [0.4, 0.5) is 18.9 Å². The fraction of sp³-hybridized carbons (Fsp3) is 0.391. The van der Waals surface area contributed by atoms with Gasteiger partial charge >= 0.3 is 6.18 Å². The number of amides is 1. The molecule has 0 spiro atoms. The molecule has 0 bridgehead atoms. The minimum Gasteiger partial charge on any atom is -0.371 e. The smallest absolute Gasteiger partial charge is 0.371 e. The van der Waals surface area contributed by atoms with Crippen LogP contribution in [0.1, 0.15) is 28.8 Å². The summed E-state index contributed by atoms with van der Waals surface area (Å²) in [5.41, 5.74) is 1.25. The predicted molar refractivity (Wildman–Crippen MR) is 119 cm³/mol. The third-order valence-electron chi connectivity index (χ3n) is 5.98. The van der Waals surface area contributed by atoms with Crippen molar-refractivity contribution in [3.05, 3.63) is 58.9 Å². The molecule has 4 rings (SSSR count). The lowest BCUT2D eigenvalue weighted by Gasteiger charge is -2.34. The van der Waals surface area contributed by atoms with Crippen LogP contribution in [0.3, 0.4) is 0 Å². The number of hydrogen-bond acceptors (Lipinski definition) is 3. The van der Waals surface area contributed by atoms with Gasteiger partial charge in [0, 0.05) is 39.4 Å². The topological polar surface area (TPSA) is 41.4 Å². The summed E-state index contributed by atoms with van der Waals surface area (Å²) in [5, 5.41) is 0.425. The first-order chi connectivity index (χ1) is 15.1. The molecule has 1 fully saturated rings. The maximum absolute atomic E-state index is 13.2. The number of alkyl halides is 3. The van der Waals surface area contributed by atoms with E-state index in [4.69, 9.17) is 11.6 Å². The number of para-hydroxylation sites is 1. The van der Waals surface area contributed by atoms with Gasteiger partial charge < -0.3 is 14.4 Å². The van der Waals surface area contributed by atoms with Gasteiger partial charge in [0.25, 0.3) is 5.91 Å². The molecule has 1 saturated heterocycles. The number of nitrogens with zero attached hydrogens (tertiary/aromatic N) is 4. The number of benzene rings is 2. The molecule has 0 N–H and O–H groups in total. The van der Waals surface area contributed by atoms with E-state index in [0.29, 0.717) is 28.6 Å². The van der Waals surface area contributed by atoms with Crippen molar-refractivity contribution in [2.24, 2.45) is 5.92 Å². The summed E-state index contributed by atoms with van der Waals surface area (Å²) in [6, 6.07) is 9.67. The van der Waals surface area contributed by atoms with E-state index in [2.05, 4.69) is 9.88 Å². The first kappa shape index (κ1) is 22.5. The van der Waals surface area contributed by atoms with E-state index in [1.54, 1.807) is 26.2 Å². The van der Waals surface area contributed by atoms with Gasteiger partial charge in [0.1, 0.15) is 5.52 Å². The van der Waals surface area contributed by atoms with Gasteiger partial charge in [-0.25, -0.2) is 4.98 Å². The molecule has 0 aliphatic carbocycles. The zero-order valence-corrected chi connectivity index (χ0v) is 18.6. The molecular formula is C23H24ClF3N4O. The van der Waals surface area contributed by atoms with Crippen molar-refractivity contribution in [1.29, 1.82) is 0 Å². The van der Waals surface area contributed by atoms with Crippen LogP contribution in [-0.2, 0) is 12.7 Å². The Labute approximate surface area is 189 Å². The fourth-order valence-electron chi connectivity index (χ4n) is 4.23. The molecule has 5 nitrogen and oxygen atoms in total. The van der Waals surface area contributed by atoms with Crippen molar-refractivity contribution in [1.82, 2.24) is 14.5 Å². The van der Waals surface area contributed by atoms with Crippen LogP contribution in [0.25, 0.3) is 11.0 Å². The summed E-state index contributed by atoms with van der Waals surface area (Å²) >= 11 is 6.35. The van der Waals surface area contributed by atoms with Gasteiger partial charge in [-0.15, -0.1) is 0 Å². The third kappa shape index (κ3) is 4.41. The molecule has 0 atom stereocenters. The number of fused-ring (bicyclic) bond motifs is 1. The summed E-state index contributed by atoms with van der Waals surface area (Å²) in [6.45, 7) is 2.24. The number of carbonyl (C=O) groups is 1. The average Bonchev–Trinajstić information content (AvgIpc) is 3.16. The lowest BCUT2D eigenvalue weighted by atomic mass is 9.96. The maximum Gasteiger partial charge on any atom is 0.418 e. The second-order valence-electron chi connectivity index (χ2n) is 8.36. The number of anilines is 1. The van der Waals surface area contributed by atoms with E-state index < -0.39 is 11.7 Å². The Morgan fingerprint density at radius 3 is 2.53 bits per heavy atom. The highest BCUT2D eigenvalue weighted by Gasteiger charge is 2.34. The molecule has 9 heteroatoms. The van der Waals surface area contributed by atoms with Crippen molar-refractivity contribution in [2.75, 3.05) is 32.1 Å². The van der Waals surface area contributed by atoms with E-state index in [9.17, 15) is 18.0 Å². The van der Waals surface area contributed by atoms with Crippen LogP contribution in [0.5, 0.6) is 0 Å². The number of rotatable bonds is 4. The molecule has 0 radical (unpaired) electrons. The molecular weight excluding hydrogens is 441 g/mol. The molecule has 0 unspecified atom stereocenters. The minimum atomic E-state index is -4.42. The molecule has 1 aromatic heterocycles. The Morgan fingerprint density at radius 2 is 1.91 bits per heavy atom. The van der Waals surface area contributed by atoms with Crippen molar-refractivity contribution < 1.29 is 18.0 Å². The first-order valence-corrected chi connectivity index (χ1v) is 10.8. The fourth-order valence-corrected chi connectivity index (χ4v) is 4.49. The zero-order valence-electron chi connectivity index (χ0n) is 17.9. The van der Waals surface area contributed by atoms with Crippen molar-refractivity contribution in [3.8, 4) is 0 Å². The first-order valence-electron chi connectivity index (χ1n) is 10.4. The molecule has 1 aliphatic rings. The van der Waals surface area contributed by atoms with Gasteiger partial charge in [0.2, 0.25) is 0 Å². The Kier molecular flexibility index (Phi) is 6.07. The van der Waals surface area contributed by atoms with Gasteiger partial charge in [-0.05, 0) is 49.1 Å². The molecule has 1 aliphatic heterocycles. The largest absolute Gasteiger partial charge is 0.418 e. The Morgan fingerprint density at radius 1 is 1.19 bits per heavy atom. The predicted octanol–water partition coefficient (Wildman–Crippen LogP) is 5.33. The monoisotopic (exact) mass is 464 g/mol. The Hall–Kier alpha value is -2.74. The SMILES string of the molecule is CN(C)C(=O)c1ccc(N2CCC(Cn3cnc4c(C(F)(F)F)cccc43)CC2)cc1Cl. The highest BCUT2D eigenvalue weighted by molar-refractivity contribution is 6.34. The van der Waals surface area contributed by atoms with Crippen molar-refractivity contribution in [2.45, 2.75) is 25.6 Å². The molecule has 1 amide bonds.